The third-order valence-electron chi connectivity index (χ3n) is 13.8. The van der Waals surface area contributed by atoms with Gasteiger partial charge in [-0.15, -0.1) is 0 Å². The van der Waals surface area contributed by atoms with Crippen molar-refractivity contribution in [2.45, 2.75) is 43.9 Å². The van der Waals surface area contributed by atoms with Gasteiger partial charge >= 0.3 is 0 Å². The van der Waals surface area contributed by atoms with E-state index in [-0.39, 0.29) is 0 Å². The van der Waals surface area contributed by atoms with Crippen LogP contribution in [0.15, 0.2) is 115 Å². The Morgan fingerprint density at radius 3 is 1.64 bits per heavy atom. The van der Waals surface area contributed by atoms with Gasteiger partial charge in [0.15, 0.2) is 0 Å². The third-order valence-corrected chi connectivity index (χ3v) is 13.8. The van der Waals surface area contributed by atoms with Crippen LogP contribution >= 0.6 is 0 Å². The Kier molecular flexibility index (Phi) is 4.79. The highest BCUT2D eigenvalue weighted by atomic mass is 14.7. The van der Waals surface area contributed by atoms with Gasteiger partial charge in [-0.3, -0.25) is 0 Å². The van der Waals surface area contributed by atoms with Crippen molar-refractivity contribution < 1.29 is 0 Å². The van der Waals surface area contributed by atoms with Gasteiger partial charge in [0.1, 0.15) is 0 Å². The molecule has 0 heterocycles. The van der Waals surface area contributed by atoms with E-state index >= 15 is 0 Å². The summed E-state index contributed by atoms with van der Waals surface area (Å²) in [6.45, 7) is 0. The van der Waals surface area contributed by atoms with Crippen LogP contribution in [-0.2, 0) is 5.41 Å². The van der Waals surface area contributed by atoms with E-state index in [4.69, 9.17) is 0 Å². The van der Waals surface area contributed by atoms with E-state index < -0.39 is 0 Å². The number of rotatable bonds is 3. The van der Waals surface area contributed by atoms with Crippen molar-refractivity contribution in [2.24, 2.45) is 41.4 Å². The third kappa shape index (κ3) is 3.01. The van der Waals surface area contributed by atoms with E-state index in [2.05, 4.69) is 115 Å². The van der Waals surface area contributed by atoms with Gasteiger partial charge in [-0.05, 0) is 140 Å². The molecule has 0 heteroatoms. The van der Waals surface area contributed by atoms with Crippen LogP contribution < -0.4 is 0 Å². The zero-order valence-electron chi connectivity index (χ0n) is 25.3. The molecule has 0 nitrogen and oxygen atoms in total. The molecule has 8 bridgehead atoms. The largest absolute Gasteiger partial charge is 0.0616 e. The minimum atomic E-state index is 0.463. The van der Waals surface area contributed by atoms with Gasteiger partial charge in [-0.2, -0.15) is 0 Å². The molecule has 4 atom stereocenters. The average Bonchev–Trinajstić information content (AvgIpc) is 3.09. The fourth-order valence-electron chi connectivity index (χ4n) is 12.6. The summed E-state index contributed by atoms with van der Waals surface area (Å²) in [6, 6.07) is 44.1. The Morgan fingerprint density at radius 1 is 0.432 bits per heavy atom. The van der Waals surface area contributed by atoms with Gasteiger partial charge in [0.2, 0.25) is 0 Å². The average molecular weight is 567 g/mol. The van der Waals surface area contributed by atoms with E-state index in [1.807, 2.05) is 0 Å². The molecule has 44 heavy (non-hydrogen) atoms. The zero-order valence-corrected chi connectivity index (χ0v) is 25.3. The number of hydrogen-bond acceptors (Lipinski definition) is 0. The van der Waals surface area contributed by atoms with E-state index in [0.29, 0.717) is 5.41 Å². The first-order chi connectivity index (χ1) is 21.8. The minimum Gasteiger partial charge on any atom is -0.0616 e. The molecule has 0 saturated heterocycles. The van der Waals surface area contributed by atoms with E-state index in [0.717, 1.165) is 41.4 Å². The maximum absolute atomic E-state index is 2.60. The van der Waals surface area contributed by atoms with Gasteiger partial charge in [0.05, 0.1) is 0 Å². The molecule has 0 amide bonds. The highest BCUT2D eigenvalue weighted by molar-refractivity contribution is 6.23. The lowest BCUT2D eigenvalue weighted by Gasteiger charge is -2.74. The molecule has 13 rings (SSSR count). The summed E-state index contributed by atoms with van der Waals surface area (Å²) < 4.78 is 0. The van der Waals surface area contributed by atoms with Gasteiger partial charge in [0, 0.05) is 5.41 Å². The molecule has 7 aliphatic carbocycles. The second kappa shape index (κ2) is 8.63. The molecule has 0 spiro atoms. The van der Waals surface area contributed by atoms with Crippen molar-refractivity contribution in [1.82, 2.24) is 0 Å². The molecule has 4 unspecified atom stereocenters. The second-order valence-electron chi connectivity index (χ2n) is 15.3. The van der Waals surface area contributed by atoms with Crippen molar-refractivity contribution in [3.8, 4) is 22.3 Å². The van der Waals surface area contributed by atoms with Crippen molar-refractivity contribution in [2.75, 3.05) is 0 Å². The first-order valence-electron chi connectivity index (χ1n) is 17.3. The Morgan fingerprint density at radius 2 is 0.977 bits per heavy atom. The van der Waals surface area contributed by atoms with Crippen LogP contribution in [0.5, 0.6) is 0 Å². The molecule has 7 aliphatic rings. The van der Waals surface area contributed by atoms with Crippen LogP contribution in [0.3, 0.4) is 0 Å². The summed E-state index contributed by atoms with van der Waals surface area (Å²) in [5.74, 6) is 7.03. The van der Waals surface area contributed by atoms with E-state index in [1.165, 1.54) is 73.8 Å². The Bertz CT molecular complexity index is 2050. The van der Waals surface area contributed by atoms with Gasteiger partial charge in [-0.1, -0.05) is 115 Å². The lowest BCUT2D eigenvalue weighted by molar-refractivity contribution is -0.220. The summed E-state index contributed by atoms with van der Waals surface area (Å²) in [5, 5.41) is 8.01. The summed E-state index contributed by atoms with van der Waals surface area (Å²) in [5.41, 5.74) is 7.58. The van der Waals surface area contributed by atoms with Gasteiger partial charge < -0.3 is 0 Å². The monoisotopic (exact) mass is 566 g/mol. The predicted octanol–water partition coefficient (Wildman–Crippen LogP) is 11.4. The first-order valence-corrected chi connectivity index (χ1v) is 17.3. The molecule has 0 aromatic heterocycles. The molecule has 0 aliphatic heterocycles. The smallest absolute Gasteiger partial charge is 0.00178 e. The SMILES string of the molecule is c1ccc2c(-c3c4ccccc4c(-c4ccc(C56CC7CC8C9CC(CC85)CC6C9C7)cc4)c4ccccc34)cccc2c1. The van der Waals surface area contributed by atoms with E-state index in [1.54, 1.807) is 24.8 Å². The molecule has 7 saturated carbocycles. The first kappa shape index (κ1) is 24.4. The zero-order chi connectivity index (χ0) is 28.6. The number of hydrogen-bond donors (Lipinski definition) is 0. The molecule has 7 fully saturated rings. The van der Waals surface area contributed by atoms with Crippen molar-refractivity contribution in [3.05, 3.63) is 121 Å². The fourth-order valence-corrected chi connectivity index (χ4v) is 12.6. The Hall–Kier alpha value is -3.90. The standard InChI is InChI=1S/C44H38/c1-2-10-31-28(8-1)9-7-15-32(31)43-35-13-5-3-11-33(35)42(34-12-4-6-14-36(34)43)29-16-18-30(19-17-29)44-25-27-21-38-37-20-26(23-40(38)44)24-41(44)39(37)22-27/h1-19,26-27,37-41H,20-25H2. The van der Waals surface area contributed by atoms with Crippen LogP contribution in [0.4, 0.5) is 0 Å². The molecular formula is C44H38. The second-order valence-corrected chi connectivity index (χ2v) is 15.3. The summed E-state index contributed by atoms with van der Waals surface area (Å²) in [4.78, 5) is 0. The number of fused-ring (bicyclic) bond motifs is 3. The molecule has 0 N–H and O–H groups in total. The van der Waals surface area contributed by atoms with Crippen LogP contribution in [-0.4, -0.2) is 0 Å². The van der Waals surface area contributed by atoms with Gasteiger partial charge in [0.25, 0.3) is 0 Å². The van der Waals surface area contributed by atoms with E-state index in [9.17, 15) is 0 Å². The predicted molar refractivity (Wildman–Crippen MR) is 184 cm³/mol. The molecule has 0 radical (unpaired) electrons. The lowest BCUT2D eigenvalue weighted by atomic mass is 9.30. The van der Waals surface area contributed by atoms with Crippen molar-refractivity contribution in [3.63, 3.8) is 0 Å². The van der Waals surface area contributed by atoms with Crippen molar-refractivity contribution in [1.29, 1.82) is 0 Å². The highest BCUT2D eigenvalue weighted by Crippen LogP contribution is 2.76. The Balaban J connectivity index is 1.11. The van der Waals surface area contributed by atoms with Crippen molar-refractivity contribution >= 4 is 32.3 Å². The Labute approximate surface area is 260 Å². The van der Waals surface area contributed by atoms with Gasteiger partial charge in [-0.25, -0.2) is 0 Å². The number of benzene rings is 6. The maximum Gasteiger partial charge on any atom is 0.00178 e. The normalized spacial score (nSPS) is 32.8. The summed E-state index contributed by atoms with van der Waals surface area (Å²) >= 11 is 0. The van der Waals surface area contributed by atoms with Crippen LogP contribution in [0.1, 0.15) is 44.1 Å². The van der Waals surface area contributed by atoms with Crippen LogP contribution in [0, 0.1) is 41.4 Å². The minimum absolute atomic E-state index is 0.463. The molecular weight excluding hydrogens is 528 g/mol. The quantitative estimate of drug-likeness (QED) is 0.187. The molecule has 6 aromatic rings. The lowest BCUT2D eigenvalue weighted by Crippen LogP contribution is -2.69. The topological polar surface area (TPSA) is 0 Å². The molecule has 6 aromatic carbocycles. The highest BCUT2D eigenvalue weighted by Gasteiger charge is 2.70. The molecule has 214 valence electrons. The summed E-state index contributed by atoms with van der Waals surface area (Å²) in [6.07, 6.45) is 9.17. The summed E-state index contributed by atoms with van der Waals surface area (Å²) in [7, 11) is 0. The maximum atomic E-state index is 2.60. The van der Waals surface area contributed by atoms with Crippen LogP contribution in [0.2, 0.25) is 0 Å². The van der Waals surface area contributed by atoms with Crippen LogP contribution in [0.25, 0.3) is 54.6 Å². The fraction of sp³-hybridized carbons (Fsp3) is 0.318.